The van der Waals surface area contributed by atoms with Gasteiger partial charge in [-0.15, -0.1) is 34.2 Å². The summed E-state index contributed by atoms with van der Waals surface area (Å²) in [6.45, 7) is 1.25. The number of carbonyl (C=O) groups is 1. The first-order chi connectivity index (χ1) is 11.2. The van der Waals surface area contributed by atoms with Gasteiger partial charge in [0.05, 0.1) is 13.7 Å². The lowest BCUT2D eigenvalue weighted by atomic mass is 10.2. The van der Waals surface area contributed by atoms with Crippen LogP contribution in [0.1, 0.15) is 25.1 Å². The van der Waals surface area contributed by atoms with Crippen LogP contribution < -0.4 is 10.6 Å². The van der Waals surface area contributed by atoms with Gasteiger partial charge in [0.2, 0.25) is 0 Å². The van der Waals surface area contributed by atoms with Crippen LogP contribution in [0.15, 0.2) is 29.4 Å². The SMILES string of the molecule is CN=C(NCCCCC(=O)OC)NCc1nnc2ccccn12.I. The molecule has 0 aromatic carbocycles. The molecule has 0 saturated carbocycles. The quantitative estimate of drug-likeness (QED) is 0.219. The van der Waals surface area contributed by atoms with Crippen molar-refractivity contribution in [3.8, 4) is 0 Å². The number of fused-ring (bicyclic) bond motifs is 1. The van der Waals surface area contributed by atoms with Crippen LogP contribution in [0.25, 0.3) is 5.65 Å². The first-order valence-corrected chi connectivity index (χ1v) is 7.54. The second-order valence-corrected chi connectivity index (χ2v) is 4.93. The van der Waals surface area contributed by atoms with Crippen molar-refractivity contribution in [3.05, 3.63) is 30.2 Å². The van der Waals surface area contributed by atoms with E-state index in [9.17, 15) is 4.79 Å². The van der Waals surface area contributed by atoms with Gasteiger partial charge in [0.15, 0.2) is 17.4 Å². The molecule has 132 valence electrons. The van der Waals surface area contributed by atoms with E-state index in [1.165, 1.54) is 7.11 Å². The summed E-state index contributed by atoms with van der Waals surface area (Å²) in [5.74, 6) is 1.33. The minimum absolute atomic E-state index is 0. The van der Waals surface area contributed by atoms with E-state index in [1.54, 1.807) is 7.05 Å². The second kappa shape index (κ2) is 10.8. The first-order valence-electron chi connectivity index (χ1n) is 7.54. The third-order valence-corrected chi connectivity index (χ3v) is 3.35. The molecule has 0 aliphatic carbocycles. The lowest BCUT2D eigenvalue weighted by Crippen LogP contribution is -2.37. The highest BCUT2D eigenvalue weighted by Gasteiger charge is 2.05. The van der Waals surface area contributed by atoms with Gasteiger partial charge in [-0.3, -0.25) is 14.2 Å². The number of aliphatic imine (C=N–C) groups is 1. The van der Waals surface area contributed by atoms with Gasteiger partial charge in [-0.2, -0.15) is 0 Å². The number of rotatable bonds is 7. The number of hydrogen-bond donors (Lipinski definition) is 2. The van der Waals surface area contributed by atoms with Crippen molar-refractivity contribution in [2.75, 3.05) is 20.7 Å². The standard InChI is InChI=1S/C15H22N6O2.HI/c1-16-15(17-9-5-3-8-14(22)23-2)18-11-13-20-19-12-7-4-6-10-21(12)13;/h4,6-7,10H,3,5,8-9,11H2,1-2H3,(H2,16,17,18);1H. The molecule has 2 N–H and O–H groups in total. The molecule has 0 atom stereocenters. The molecule has 0 aliphatic rings. The maximum absolute atomic E-state index is 11.0. The number of nitrogens with one attached hydrogen (secondary N) is 2. The number of carbonyl (C=O) groups excluding carboxylic acids is 1. The Morgan fingerprint density at radius 3 is 2.88 bits per heavy atom. The topological polar surface area (TPSA) is 92.9 Å². The van der Waals surface area contributed by atoms with E-state index in [2.05, 4.69) is 30.6 Å². The molecule has 9 heteroatoms. The highest BCUT2D eigenvalue weighted by molar-refractivity contribution is 14.0. The Morgan fingerprint density at radius 2 is 2.12 bits per heavy atom. The van der Waals surface area contributed by atoms with E-state index >= 15 is 0 Å². The lowest BCUT2D eigenvalue weighted by Gasteiger charge is -2.11. The zero-order chi connectivity index (χ0) is 16.5. The Bertz CT molecular complexity index is 673. The van der Waals surface area contributed by atoms with Crippen LogP contribution in [0, 0.1) is 0 Å². The Labute approximate surface area is 158 Å². The summed E-state index contributed by atoms with van der Waals surface area (Å²) in [6.07, 6.45) is 4.01. The van der Waals surface area contributed by atoms with Crippen LogP contribution >= 0.6 is 24.0 Å². The van der Waals surface area contributed by atoms with Crippen molar-refractivity contribution in [1.82, 2.24) is 25.2 Å². The largest absolute Gasteiger partial charge is 0.469 e. The molecule has 24 heavy (non-hydrogen) atoms. The average molecular weight is 446 g/mol. The highest BCUT2D eigenvalue weighted by atomic mass is 127. The summed E-state index contributed by atoms with van der Waals surface area (Å²) < 4.78 is 6.53. The van der Waals surface area contributed by atoms with Crippen molar-refractivity contribution in [2.45, 2.75) is 25.8 Å². The van der Waals surface area contributed by atoms with Gasteiger partial charge in [-0.25, -0.2) is 0 Å². The summed E-state index contributed by atoms with van der Waals surface area (Å²) in [5, 5.41) is 14.7. The normalized spacial score (nSPS) is 11.0. The number of pyridine rings is 1. The average Bonchev–Trinajstić information content (AvgIpc) is 3.00. The minimum Gasteiger partial charge on any atom is -0.469 e. The Morgan fingerprint density at radius 1 is 1.29 bits per heavy atom. The molecule has 2 aromatic rings. The molecule has 2 heterocycles. The van der Waals surface area contributed by atoms with Crippen molar-refractivity contribution >= 4 is 41.6 Å². The van der Waals surface area contributed by atoms with E-state index in [4.69, 9.17) is 0 Å². The van der Waals surface area contributed by atoms with E-state index < -0.39 is 0 Å². The van der Waals surface area contributed by atoms with E-state index in [-0.39, 0.29) is 29.9 Å². The van der Waals surface area contributed by atoms with Crippen LogP contribution in [0.4, 0.5) is 0 Å². The summed E-state index contributed by atoms with van der Waals surface area (Å²) in [7, 11) is 3.12. The molecule has 0 amide bonds. The van der Waals surface area contributed by atoms with Crippen molar-refractivity contribution < 1.29 is 9.53 Å². The molecular formula is C15H23IN6O2. The molecule has 0 radical (unpaired) electrons. The summed E-state index contributed by atoms with van der Waals surface area (Å²) in [4.78, 5) is 15.2. The number of guanidine groups is 1. The zero-order valence-corrected chi connectivity index (χ0v) is 16.2. The number of halogens is 1. The number of nitrogens with zero attached hydrogens (tertiary/aromatic N) is 4. The van der Waals surface area contributed by atoms with Crippen LogP contribution in [0.5, 0.6) is 0 Å². The van der Waals surface area contributed by atoms with Gasteiger partial charge < -0.3 is 15.4 Å². The van der Waals surface area contributed by atoms with E-state index in [0.717, 1.165) is 30.9 Å². The fraction of sp³-hybridized carbons (Fsp3) is 0.467. The number of esters is 1. The summed E-state index contributed by atoms with van der Waals surface area (Å²) >= 11 is 0. The number of methoxy groups -OCH3 is 1. The van der Waals surface area contributed by atoms with Crippen LogP contribution in [0.3, 0.4) is 0 Å². The minimum atomic E-state index is -0.175. The fourth-order valence-corrected chi connectivity index (χ4v) is 2.10. The maximum atomic E-state index is 11.0. The Hall–Kier alpha value is -1.91. The lowest BCUT2D eigenvalue weighted by molar-refractivity contribution is -0.140. The molecule has 2 rings (SSSR count). The molecule has 0 fully saturated rings. The first kappa shape index (κ1) is 20.1. The molecule has 0 unspecified atom stereocenters. The van der Waals surface area contributed by atoms with Gasteiger partial charge >= 0.3 is 5.97 Å². The predicted octanol–water partition coefficient (Wildman–Crippen LogP) is 1.36. The van der Waals surface area contributed by atoms with Gasteiger partial charge in [-0.1, -0.05) is 6.07 Å². The molecule has 0 aliphatic heterocycles. The van der Waals surface area contributed by atoms with Gasteiger partial charge in [0, 0.05) is 26.2 Å². The molecule has 0 bridgehead atoms. The Kier molecular flexibility index (Phi) is 9.05. The molecule has 0 spiro atoms. The maximum Gasteiger partial charge on any atom is 0.305 e. The molecule has 8 nitrogen and oxygen atoms in total. The van der Waals surface area contributed by atoms with Crippen LogP contribution in [-0.4, -0.2) is 47.2 Å². The number of ether oxygens (including phenoxy) is 1. The third-order valence-electron chi connectivity index (χ3n) is 3.35. The Balaban J connectivity index is 0.00000288. The smallest absolute Gasteiger partial charge is 0.305 e. The zero-order valence-electron chi connectivity index (χ0n) is 13.9. The monoisotopic (exact) mass is 446 g/mol. The van der Waals surface area contributed by atoms with Crippen LogP contribution in [0.2, 0.25) is 0 Å². The molecule has 0 saturated heterocycles. The predicted molar refractivity (Wildman–Crippen MR) is 102 cm³/mol. The van der Waals surface area contributed by atoms with Gasteiger partial charge in [0.1, 0.15) is 0 Å². The van der Waals surface area contributed by atoms with Gasteiger partial charge in [-0.05, 0) is 25.0 Å². The van der Waals surface area contributed by atoms with Crippen molar-refractivity contribution in [1.29, 1.82) is 0 Å². The summed E-state index contributed by atoms with van der Waals surface area (Å²) in [6, 6.07) is 5.77. The second-order valence-electron chi connectivity index (χ2n) is 4.93. The van der Waals surface area contributed by atoms with Crippen molar-refractivity contribution in [2.24, 2.45) is 4.99 Å². The van der Waals surface area contributed by atoms with Crippen molar-refractivity contribution in [3.63, 3.8) is 0 Å². The number of unbranched alkanes of at least 4 members (excludes halogenated alkanes) is 1. The number of hydrogen-bond acceptors (Lipinski definition) is 5. The van der Waals surface area contributed by atoms with Crippen LogP contribution in [-0.2, 0) is 16.1 Å². The van der Waals surface area contributed by atoms with E-state index in [0.29, 0.717) is 18.9 Å². The highest BCUT2D eigenvalue weighted by Crippen LogP contribution is 2.02. The molecule has 2 aromatic heterocycles. The number of aromatic nitrogens is 3. The van der Waals surface area contributed by atoms with Gasteiger partial charge in [0.25, 0.3) is 0 Å². The third kappa shape index (κ3) is 5.95. The fourth-order valence-electron chi connectivity index (χ4n) is 2.10. The van der Waals surface area contributed by atoms with E-state index in [1.807, 2.05) is 28.8 Å². The summed E-state index contributed by atoms with van der Waals surface area (Å²) in [5.41, 5.74) is 0.815. The molecular weight excluding hydrogens is 423 g/mol.